The number of carbonyl (C=O) groups is 2. The fraction of sp³-hybridized carbons (Fsp3) is 0.114. The van der Waals surface area contributed by atoms with E-state index < -0.39 is 18.0 Å². The normalized spacial score (nSPS) is 11.6. The molecule has 0 aliphatic carbocycles. The largest absolute Gasteiger partial charge is 0.497 e. The van der Waals surface area contributed by atoms with Gasteiger partial charge in [0.05, 0.1) is 40.8 Å². The lowest BCUT2D eigenvalue weighted by Gasteiger charge is -2.15. The monoisotopic (exact) mass is 600 g/mol. The van der Waals surface area contributed by atoms with Gasteiger partial charge in [-0.1, -0.05) is 79.7 Å². The summed E-state index contributed by atoms with van der Waals surface area (Å²) in [5, 5.41) is 5.04. The third kappa shape index (κ3) is 6.18. The summed E-state index contributed by atoms with van der Waals surface area (Å²) in [4.78, 5) is 40.7. The molecule has 1 N–H and O–H groups in total. The molecule has 44 heavy (non-hydrogen) atoms. The van der Waals surface area contributed by atoms with Crippen LogP contribution in [0.25, 0.3) is 44.8 Å². The van der Waals surface area contributed by atoms with E-state index >= 15 is 0 Å². The Hall–Kier alpha value is -5.41. The van der Waals surface area contributed by atoms with Gasteiger partial charge in [-0.15, -0.1) is 11.3 Å². The van der Waals surface area contributed by atoms with Crippen LogP contribution in [-0.2, 0) is 9.53 Å². The van der Waals surface area contributed by atoms with Crippen LogP contribution in [0.3, 0.4) is 0 Å². The highest BCUT2D eigenvalue weighted by Gasteiger charge is 2.24. The summed E-state index contributed by atoms with van der Waals surface area (Å²) in [6.45, 7) is 1.78. The van der Waals surface area contributed by atoms with Crippen molar-refractivity contribution in [2.24, 2.45) is 0 Å². The molecule has 8 nitrogen and oxygen atoms in total. The van der Waals surface area contributed by atoms with E-state index in [1.807, 2.05) is 90.3 Å². The number of nitrogens with one attached hydrogen (secondary N) is 1. The predicted octanol–water partition coefficient (Wildman–Crippen LogP) is 7.67. The molecule has 0 saturated carbocycles. The van der Waals surface area contributed by atoms with E-state index in [4.69, 9.17) is 19.4 Å². The number of benzene rings is 4. The van der Waals surface area contributed by atoms with Crippen molar-refractivity contribution >= 4 is 39.4 Å². The van der Waals surface area contributed by atoms with Crippen LogP contribution in [0.1, 0.15) is 23.7 Å². The second kappa shape index (κ2) is 12.8. The zero-order valence-electron chi connectivity index (χ0n) is 24.1. The maximum absolute atomic E-state index is 13.2. The van der Waals surface area contributed by atoms with E-state index in [-0.39, 0.29) is 12.0 Å². The highest BCUT2D eigenvalue weighted by atomic mass is 32.1. The number of aromatic nitrogens is 3. The summed E-state index contributed by atoms with van der Waals surface area (Å²) in [5.41, 5.74) is 6.34. The van der Waals surface area contributed by atoms with Crippen LogP contribution in [0.15, 0.2) is 109 Å². The lowest BCUT2D eigenvalue weighted by atomic mass is 10.0. The number of thiazole rings is 1. The summed E-state index contributed by atoms with van der Waals surface area (Å²) < 4.78 is 10.9. The third-order valence-corrected chi connectivity index (χ3v) is 7.76. The number of ether oxygens (including phenoxy) is 2. The van der Waals surface area contributed by atoms with Crippen LogP contribution in [-0.4, -0.2) is 40.0 Å². The second-order valence-electron chi connectivity index (χ2n) is 9.92. The number of hydrogen-bond donors (Lipinski definition) is 1. The Balaban J connectivity index is 1.22. The van der Waals surface area contributed by atoms with E-state index in [1.165, 1.54) is 11.3 Å². The van der Waals surface area contributed by atoms with E-state index in [0.717, 1.165) is 22.4 Å². The van der Waals surface area contributed by atoms with Gasteiger partial charge in [0.2, 0.25) is 0 Å². The molecule has 6 rings (SSSR count). The van der Waals surface area contributed by atoms with E-state index in [1.54, 1.807) is 32.2 Å². The average molecular weight is 601 g/mol. The molecule has 2 aromatic heterocycles. The molecule has 0 spiro atoms. The van der Waals surface area contributed by atoms with Crippen LogP contribution < -0.4 is 10.1 Å². The van der Waals surface area contributed by atoms with Crippen molar-refractivity contribution in [2.75, 3.05) is 12.4 Å². The van der Waals surface area contributed by atoms with Gasteiger partial charge in [0.15, 0.2) is 11.2 Å². The number of hydrogen-bond acceptors (Lipinski definition) is 8. The van der Waals surface area contributed by atoms with Crippen molar-refractivity contribution in [2.45, 2.75) is 19.4 Å². The standard InChI is InChI=1S/C35H28N4O4S/c1-3-30(33(40)39-35-38-29(21-44-35)24-15-10-16-26(19-24)42-2)43-34(41)25-17-18-27-28(20-25)37-32(23-13-8-5-9-14-23)31(36-27)22-11-6-4-7-12-22/h4-21,30H,3H2,1-2H3,(H,38,39,40). The highest BCUT2D eigenvalue weighted by molar-refractivity contribution is 7.14. The molecule has 0 bridgehead atoms. The van der Waals surface area contributed by atoms with Gasteiger partial charge in [-0.25, -0.2) is 19.7 Å². The van der Waals surface area contributed by atoms with Crippen molar-refractivity contribution in [3.05, 3.63) is 114 Å². The van der Waals surface area contributed by atoms with Gasteiger partial charge >= 0.3 is 5.97 Å². The highest BCUT2D eigenvalue weighted by Crippen LogP contribution is 2.31. The maximum atomic E-state index is 13.2. The first-order valence-electron chi connectivity index (χ1n) is 14.1. The van der Waals surface area contributed by atoms with Gasteiger partial charge < -0.3 is 9.47 Å². The zero-order valence-corrected chi connectivity index (χ0v) is 24.9. The summed E-state index contributed by atoms with van der Waals surface area (Å²) in [6, 6.07) is 32.2. The van der Waals surface area contributed by atoms with E-state index in [0.29, 0.717) is 33.3 Å². The minimum atomic E-state index is -1.01. The lowest BCUT2D eigenvalue weighted by Crippen LogP contribution is -2.32. The molecule has 4 aromatic carbocycles. The fourth-order valence-electron chi connectivity index (χ4n) is 4.73. The topological polar surface area (TPSA) is 103 Å². The van der Waals surface area contributed by atoms with Gasteiger partial charge in [-0.2, -0.15) is 0 Å². The molecule has 0 fully saturated rings. The van der Waals surface area contributed by atoms with Gasteiger partial charge in [0.25, 0.3) is 5.91 Å². The number of anilines is 1. The van der Waals surface area contributed by atoms with Crippen LogP contribution in [0.5, 0.6) is 5.75 Å². The summed E-state index contributed by atoms with van der Waals surface area (Å²) >= 11 is 1.29. The van der Waals surface area contributed by atoms with Crippen molar-refractivity contribution < 1.29 is 19.1 Å². The lowest BCUT2D eigenvalue weighted by molar-refractivity contribution is -0.124. The van der Waals surface area contributed by atoms with Gasteiger partial charge in [-0.05, 0) is 36.8 Å². The summed E-state index contributed by atoms with van der Waals surface area (Å²) in [6.07, 6.45) is -0.716. The maximum Gasteiger partial charge on any atom is 0.338 e. The van der Waals surface area contributed by atoms with Gasteiger partial charge in [-0.3, -0.25) is 10.1 Å². The number of fused-ring (bicyclic) bond motifs is 1. The molecule has 9 heteroatoms. The van der Waals surface area contributed by atoms with Gasteiger partial charge in [0, 0.05) is 22.1 Å². The van der Waals surface area contributed by atoms with Crippen LogP contribution in [0.2, 0.25) is 0 Å². The first-order chi connectivity index (χ1) is 21.5. The molecule has 0 radical (unpaired) electrons. The van der Waals surface area contributed by atoms with Gasteiger partial charge in [0.1, 0.15) is 5.75 Å². The Labute approximate surface area is 258 Å². The quantitative estimate of drug-likeness (QED) is 0.170. The number of carbonyl (C=O) groups excluding carboxylic acids is 2. The number of amides is 1. The minimum absolute atomic E-state index is 0.277. The van der Waals surface area contributed by atoms with Crippen molar-refractivity contribution in [1.29, 1.82) is 0 Å². The smallest absolute Gasteiger partial charge is 0.338 e. The molecule has 1 unspecified atom stereocenters. The Kier molecular flexibility index (Phi) is 8.38. The molecule has 218 valence electrons. The van der Waals surface area contributed by atoms with Crippen LogP contribution >= 0.6 is 11.3 Å². The number of methoxy groups -OCH3 is 1. The molecule has 2 heterocycles. The molecule has 1 amide bonds. The number of nitrogens with zero attached hydrogens (tertiary/aromatic N) is 3. The Morgan fingerprint density at radius 2 is 1.43 bits per heavy atom. The molecule has 0 aliphatic heterocycles. The predicted molar refractivity (Wildman–Crippen MR) is 173 cm³/mol. The summed E-state index contributed by atoms with van der Waals surface area (Å²) in [5.74, 6) is -0.362. The van der Waals surface area contributed by atoms with Crippen molar-refractivity contribution in [1.82, 2.24) is 15.0 Å². The van der Waals surface area contributed by atoms with E-state index in [9.17, 15) is 9.59 Å². The van der Waals surface area contributed by atoms with Crippen molar-refractivity contribution in [3.63, 3.8) is 0 Å². The number of esters is 1. The Morgan fingerprint density at radius 3 is 2.09 bits per heavy atom. The molecular formula is C35H28N4O4S. The fourth-order valence-corrected chi connectivity index (χ4v) is 5.45. The first-order valence-corrected chi connectivity index (χ1v) is 14.9. The SMILES string of the molecule is CCC(OC(=O)c1ccc2nc(-c3ccccc3)c(-c3ccccc3)nc2c1)C(=O)Nc1nc(-c2cccc(OC)c2)cs1. The van der Waals surface area contributed by atoms with Crippen LogP contribution in [0, 0.1) is 0 Å². The molecule has 0 saturated heterocycles. The second-order valence-corrected chi connectivity index (χ2v) is 10.8. The molecule has 0 aliphatic rings. The molecule has 1 atom stereocenters. The Bertz CT molecular complexity index is 1940. The first kappa shape index (κ1) is 28.7. The number of rotatable bonds is 9. The third-order valence-electron chi connectivity index (χ3n) is 7.01. The van der Waals surface area contributed by atoms with E-state index in [2.05, 4.69) is 10.3 Å². The molecule has 6 aromatic rings. The minimum Gasteiger partial charge on any atom is -0.497 e. The average Bonchev–Trinajstić information content (AvgIpc) is 3.55. The molecular weight excluding hydrogens is 572 g/mol. The van der Waals surface area contributed by atoms with Crippen molar-refractivity contribution in [3.8, 4) is 39.5 Å². The Morgan fingerprint density at radius 1 is 0.773 bits per heavy atom. The van der Waals surface area contributed by atoms with Crippen LogP contribution in [0.4, 0.5) is 5.13 Å². The summed E-state index contributed by atoms with van der Waals surface area (Å²) in [7, 11) is 1.60. The zero-order chi connectivity index (χ0) is 30.5.